The summed E-state index contributed by atoms with van der Waals surface area (Å²) in [5.41, 5.74) is 6.31. The number of aliphatic hydroxyl groups excluding tert-OH is 1. The number of benzene rings is 3. The fraction of sp³-hybridized carbons (Fsp3) is 0.0385. The molecule has 32 heavy (non-hydrogen) atoms. The van der Waals surface area contributed by atoms with Gasteiger partial charge < -0.3 is 15.3 Å². The molecule has 0 fully saturated rings. The maximum absolute atomic E-state index is 10.8. The molecule has 0 saturated carbocycles. The molecular weight excluding hydrogens is 404 g/mol. The van der Waals surface area contributed by atoms with Crippen molar-refractivity contribution < 1.29 is 20.1 Å². The SMILES string of the molecule is O=C(O)/C=C/c1ccc(-c2nc3ccccc3nc2-c2ccc(/C=C/C(O)O)cc2)cc1. The first kappa shape index (κ1) is 21.1. The van der Waals surface area contributed by atoms with Crippen molar-refractivity contribution in [2.45, 2.75) is 6.29 Å². The van der Waals surface area contributed by atoms with Crippen molar-refractivity contribution in [1.29, 1.82) is 0 Å². The third-order valence-corrected chi connectivity index (χ3v) is 4.82. The standard InChI is InChI=1S/C26H20N2O4/c29-23(30)15-9-17-5-11-19(12-6-17)25-26(28-22-4-2-1-3-21(22)27-25)20-13-7-18(8-14-20)10-16-24(31)32/h1-16,23,29-30H,(H,31,32)/b15-9+,16-10+. The molecule has 0 spiro atoms. The number of nitrogens with zero attached hydrogens (tertiary/aromatic N) is 2. The number of hydrogen-bond acceptors (Lipinski definition) is 5. The zero-order valence-electron chi connectivity index (χ0n) is 17.0. The molecule has 0 amide bonds. The second-order valence-electron chi connectivity index (χ2n) is 7.10. The summed E-state index contributed by atoms with van der Waals surface area (Å²) in [4.78, 5) is 20.5. The van der Waals surface area contributed by atoms with Crippen LogP contribution in [-0.4, -0.2) is 37.5 Å². The van der Waals surface area contributed by atoms with E-state index in [0.29, 0.717) is 5.69 Å². The van der Waals surface area contributed by atoms with Gasteiger partial charge in [0.15, 0.2) is 6.29 Å². The highest BCUT2D eigenvalue weighted by molar-refractivity contribution is 5.87. The highest BCUT2D eigenvalue weighted by Gasteiger charge is 2.13. The van der Waals surface area contributed by atoms with Crippen LogP contribution in [0, 0.1) is 0 Å². The van der Waals surface area contributed by atoms with Crippen LogP contribution < -0.4 is 0 Å². The largest absolute Gasteiger partial charge is 0.478 e. The number of aromatic nitrogens is 2. The van der Waals surface area contributed by atoms with Crippen molar-refractivity contribution in [3.63, 3.8) is 0 Å². The molecule has 158 valence electrons. The van der Waals surface area contributed by atoms with Crippen LogP contribution in [-0.2, 0) is 4.79 Å². The summed E-state index contributed by atoms with van der Waals surface area (Å²) in [6, 6.07) is 22.7. The highest BCUT2D eigenvalue weighted by atomic mass is 16.5. The van der Waals surface area contributed by atoms with E-state index in [9.17, 15) is 4.79 Å². The second kappa shape index (κ2) is 9.34. The average Bonchev–Trinajstić information content (AvgIpc) is 2.81. The average molecular weight is 424 g/mol. The van der Waals surface area contributed by atoms with Crippen molar-refractivity contribution in [3.05, 3.63) is 96.1 Å². The summed E-state index contributed by atoms with van der Waals surface area (Å²) < 4.78 is 0. The predicted molar refractivity (Wildman–Crippen MR) is 124 cm³/mol. The molecule has 0 unspecified atom stereocenters. The number of fused-ring (bicyclic) bond motifs is 1. The second-order valence-corrected chi connectivity index (χ2v) is 7.10. The molecule has 0 bridgehead atoms. The molecule has 0 aliphatic heterocycles. The van der Waals surface area contributed by atoms with Crippen LogP contribution in [0.25, 0.3) is 45.7 Å². The monoisotopic (exact) mass is 424 g/mol. The minimum Gasteiger partial charge on any atom is -0.478 e. The Labute approximate surface area is 184 Å². The van der Waals surface area contributed by atoms with Gasteiger partial charge in [-0.05, 0) is 35.4 Å². The zero-order valence-corrected chi connectivity index (χ0v) is 17.0. The number of para-hydroxylation sites is 2. The van der Waals surface area contributed by atoms with Gasteiger partial charge in [0.1, 0.15) is 0 Å². The molecule has 0 aliphatic rings. The zero-order chi connectivity index (χ0) is 22.5. The van der Waals surface area contributed by atoms with Gasteiger partial charge in [-0.3, -0.25) is 0 Å². The third kappa shape index (κ3) is 4.95. The van der Waals surface area contributed by atoms with E-state index < -0.39 is 12.3 Å². The predicted octanol–water partition coefficient (Wildman–Crippen LogP) is 4.39. The van der Waals surface area contributed by atoms with Crippen molar-refractivity contribution in [2.24, 2.45) is 0 Å². The van der Waals surface area contributed by atoms with E-state index in [1.165, 1.54) is 12.2 Å². The summed E-state index contributed by atoms with van der Waals surface area (Å²) in [7, 11) is 0. The number of aliphatic carboxylic acids is 1. The van der Waals surface area contributed by atoms with Gasteiger partial charge in [0.25, 0.3) is 0 Å². The molecule has 4 rings (SSSR count). The molecule has 0 saturated heterocycles. The van der Waals surface area contributed by atoms with Crippen molar-refractivity contribution >= 4 is 29.2 Å². The summed E-state index contributed by atoms with van der Waals surface area (Å²) in [5, 5.41) is 26.8. The Morgan fingerprint density at radius 1 is 0.719 bits per heavy atom. The molecule has 6 heteroatoms. The Balaban J connectivity index is 1.78. The van der Waals surface area contributed by atoms with Gasteiger partial charge in [0.05, 0.1) is 22.4 Å². The lowest BCUT2D eigenvalue weighted by Gasteiger charge is -2.11. The maximum atomic E-state index is 10.8. The van der Waals surface area contributed by atoms with Gasteiger partial charge in [-0.1, -0.05) is 66.7 Å². The fourth-order valence-corrected chi connectivity index (χ4v) is 3.27. The lowest BCUT2D eigenvalue weighted by molar-refractivity contribution is -0.131. The van der Waals surface area contributed by atoms with E-state index in [0.717, 1.165) is 45.1 Å². The molecule has 1 heterocycles. The minimum atomic E-state index is -1.50. The van der Waals surface area contributed by atoms with Crippen LogP contribution in [0.15, 0.2) is 84.9 Å². The number of rotatable bonds is 6. The van der Waals surface area contributed by atoms with Crippen LogP contribution in [0.4, 0.5) is 0 Å². The smallest absolute Gasteiger partial charge is 0.328 e. The van der Waals surface area contributed by atoms with Gasteiger partial charge in [-0.15, -0.1) is 0 Å². The van der Waals surface area contributed by atoms with Gasteiger partial charge in [-0.2, -0.15) is 0 Å². The van der Waals surface area contributed by atoms with Gasteiger partial charge in [-0.25, -0.2) is 14.8 Å². The first-order chi connectivity index (χ1) is 15.5. The molecule has 0 atom stereocenters. The third-order valence-electron chi connectivity index (χ3n) is 4.82. The molecule has 0 radical (unpaired) electrons. The van der Waals surface area contributed by atoms with Crippen molar-refractivity contribution in [3.8, 4) is 22.5 Å². The summed E-state index contributed by atoms with van der Waals surface area (Å²) in [6.07, 6.45) is 4.05. The van der Waals surface area contributed by atoms with E-state index in [2.05, 4.69) is 0 Å². The number of carbonyl (C=O) groups is 1. The van der Waals surface area contributed by atoms with Crippen molar-refractivity contribution in [2.75, 3.05) is 0 Å². The summed E-state index contributed by atoms with van der Waals surface area (Å²) in [6.45, 7) is 0. The van der Waals surface area contributed by atoms with Crippen molar-refractivity contribution in [1.82, 2.24) is 9.97 Å². The van der Waals surface area contributed by atoms with Crippen LogP contribution in [0.3, 0.4) is 0 Å². The Hall–Kier alpha value is -4.13. The van der Waals surface area contributed by atoms with E-state index >= 15 is 0 Å². The first-order valence-corrected chi connectivity index (χ1v) is 9.92. The molecule has 3 aromatic carbocycles. The maximum Gasteiger partial charge on any atom is 0.328 e. The van der Waals surface area contributed by atoms with E-state index in [1.54, 1.807) is 6.08 Å². The van der Waals surface area contributed by atoms with Crippen LogP contribution in [0.1, 0.15) is 11.1 Å². The molecular formula is C26H20N2O4. The Bertz CT molecular complexity index is 1310. The van der Waals surface area contributed by atoms with E-state index in [1.807, 2.05) is 72.8 Å². The summed E-state index contributed by atoms with van der Waals surface area (Å²) in [5.74, 6) is -0.997. The number of carboxylic acid groups (broad SMARTS) is 1. The topological polar surface area (TPSA) is 104 Å². The molecule has 0 aliphatic carbocycles. The fourth-order valence-electron chi connectivity index (χ4n) is 3.27. The van der Waals surface area contributed by atoms with E-state index in [4.69, 9.17) is 25.3 Å². The number of hydrogen-bond donors (Lipinski definition) is 3. The quantitative estimate of drug-likeness (QED) is 0.313. The Morgan fingerprint density at radius 3 is 1.62 bits per heavy atom. The molecule has 4 aromatic rings. The highest BCUT2D eigenvalue weighted by Crippen LogP contribution is 2.31. The molecule has 6 nitrogen and oxygen atoms in total. The number of aliphatic hydroxyl groups is 2. The van der Waals surface area contributed by atoms with Gasteiger partial charge in [0.2, 0.25) is 0 Å². The first-order valence-electron chi connectivity index (χ1n) is 9.92. The lowest BCUT2D eigenvalue weighted by atomic mass is 10.0. The summed E-state index contributed by atoms with van der Waals surface area (Å²) >= 11 is 0. The van der Waals surface area contributed by atoms with Crippen LogP contribution >= 0.6 is 0 Å². The minimum absolute atomic E-state index is 0.714. The number of carboxylic acids is 1. The van der Waals surface area contributed by atoms with Crippen LogP contribution in [0.5, 0.6) is 0 Å². The normalized spacial score (nSPS) is 11.7. The molecule has 3 N–H and O–H groups in total. The van der Waals surface area contributed by atoms with Crippen LogP contribution in [0.2, 0.25) is 0 Å². The van der Waals surface area contributed by atoms with Gasteiger partial charge in [0, 0.05) is 17.2 Å². The molecule has 1 aromatic heterocycles. The Morgan fingerprint density at radius 2 is 1.19 bits per heavy atom. The van der Waals surface area contributed by atoms with Gasteiger partial charge >= 0.3 is 5.97 Å². The lowest BCUT2D eigenvalue weighted by Crippen LogP contribution is -1.97. The van der Waals surface area contributed by atoms with E-state index in [-0.39, 0.29) is 0 Å². The Kier molecular flexibility index (Phi) is 6.17.